The lowest BCUT2D eigenvalue weighted by molar-refractivity contribution is -0.138. The van der Waals surface area contributed by atoms with Gasteiger partial charge in [0.25, 0.3) is 0 Å². The van der Waals surface area contributed by atoms with Crippen molar-refractivity contribution >= 4 is 5.91 Å². The van der Waals surface area contributed by atoms with Crippen molar-refractivity contribution in [2.75, 3.05) is 20.3 Å². The summed E-state index contributed by atoms with van der Waals surface area (Å²) in [6.45, 7) is 9.25. The Morgan fingerprint density at radius 3 is 2.44 bits per heavy atom. The van der Waals surface area contributed by atoms with E-state index in [1.165, 1.54) is 31.2 Å². The maximum absolute atomic E-state index is 14.1. The van der Waals surface area contributed by atoms with Gasteiger partial charge in [-0.3, -0.25) is 4.79 Å². The van der Waals surface area contributed by atoms with Gasteiger partial charge in [-0.2, -0.15) is 0 Å². The van der Waals surface area contributed by atoms with Gasteiger partial charge in [0.2, 0.25) is 5.91 Å². The number of benzene rings is 2. The first kappa shape index (κ1) is 29.6. The molecule has 2 fully saturated rings. The van der Waals surface area contributed by atoms with Gasteiger partial charge in [0.1, 0.15) is 5.75 Å². The Hall–Kier alpha value is -2.33. The summed E-state index contributed by atoms with van der Waals surface area (Å²) in [6, 6.07) is 19.5. The normalized spacial score (nSPS) is 27.6. The minimum atomic E-state index is 0.00578. The predicted molar refractivity (Wildman–Crippen MR) is 160 cm³/mol. The van der Waals surface area contributed by atoms with Crippen LogP contribution in [0.5, 0.6) is 5.75 Å². The standard InChI is InChI=1S/C35H51NO3/c1-5-27(2)25-35(31-13-7-6-8-14-31)20-9-12-30(24-33-15-10-23-39-33)28(3)34(37)36(22-11-21-35)26-29-16-18-32(38-4)19-17-29/h6-8,13-14,16-19,27-28,30,33H,5,9-12,15,20-26H2,1-4H3/t27?,28?,30?,33?,35-/m0/s1. The SMILES string of the molecule is CCC(C)C[C@]1(c2ccccc2)CCCC(CC2CCCO2)C(C)C(=O)N(Cc2ccc(OC)cc2)CCC1. The molecule has 2 aliphatic heterocycles. The first-order valence-corrected chi connectivity index (χ1v) is 15.5. The molecule has 0 aromatic heterocycles. The third-order valence-corrected chi connectivity index (χ3v) is 9.67. The van der Waals surface area contributed by atoms with Gasteiger partial charge in [-0.25, -0.2) is 0 Å². The monoisotopic (exact) mass is 533 g/mol. The van der Waals surface area contributed by atoms with E-state index in [9.17, 15) is 4.79 Å². The maximum Gasteiger partial charge on any atom is 0.225 e. The van der Waals surface area contributed by atoms with Crippen LogP contribution in [-0.2, 0) is 21.5 Å². The molecule has 2 aromatic rings. The number of nitrogens with zero attached hydrogens (tertiary/aromatic N) is 1. The highest BCUT2D eigenvalue weighted by Gasteiger charge is 2.36. The fraction of sp³-hybridized carbons (Fsp3) is 0.629. The van der Waals surface area contributed by atoms with Gasteiger partial charge in [-0.05, 0) is 91.9 Å². The van der Waals surface area contributed by atoms with Crippen LogP contribution in [0.3, 0.4) is 0 Å². The van der Waals surface area contributed by atoms with Gasteiger partial charge in [-0.15, -0.1) is 0 Å². The molecule has 5 atom stereocenters. The van der Waals surface area contributed by atoms with Gasteiger partial charge >= 0.3 is 0 Å². The predicted octanol–water partition coefficient (Wildman–Crippen LogP) is 8.18. The van der Waals surface area contributed by atoms with Crippen LogP contribution in [0.4, 0.5) is 0 Å². The molecule has 0 bridgehead atoms. The summed E-state index contributed by atoms with van der Waals surface area (Å²) in [4.78, 5) is 16.3. The Kier molecular flexibility index (Phi) is 10.9. The molecule has 2 aromatic carbocycles. The Morgan fingerprint density at radius 2 is 1.77 bits per heavy atom. The highest BCUT2D eigenvalue weighted by atomic mass is 16.5. The number of rotatable bonds is 9. The molecule has 0 saturated carbocycles. The van der Waals surface area contributed by atoms with Crippen molar-refractivity contribution in [2.24, 2.45) is 17.8 Å². The second kappa shape index (κ2) is 14.3. The molecule has 0 aliphatic carbocycles. The van der Waals surface area contributed by atoms with E-state index in [-0.39, 0.29) is 11.3 Å². The lowest BCUT2D eigenvalue weighted by Crippen LogP contribution is -2.39. The Labute approximate surface area is 237 Å². The summed E-state index contributed by atoms with van der Waals surface area (Å²) in [5, 5.41) is 0. The molecule has 0 radical (unpaired) electrons. The molecule has 1 amide bonds. The van der Waals surface area contributed by atoms with Gasteiger partial charge < -0.3 is 14.4 Å². The van der Waals surface area contributed by atoms with E-state index in [0.717, 1.165) is 63.0 Å². The van der Waals surface area contributed by atoms with Crippen molar-refractivity contribution < 1.29 is 14.3 Å². The molecule has 214 valence electrons. The van der Waals surface area contributed by atoms with Crippen LogP contribution in [0.15, 0.2) is 54.6 Å². The fourth-order valence-electron chi connectivity index (χ4n) is 7.10. The number of hydrogen-bond donors (Lipinski definition) is 0. The van der Waals surface area contributed by atoms with Crippen molar-refractivity contribution in [3.05, 3.63) is 65.7 Å². The van der Waals surface area contributed by atoms with Gasteiger partial charge in [0, 0.05) is 25.6 Å². The van der Waals surface area contributed by atoms with E-state index >= 15 is 0 Å². The Bertz CT molecular complexity index is 1000. The zero-order chi connectivity index (χ0) is 27.7. The number of methoxy groups -OCH3 is 1. The zero-order valence-electron chi connectivity index (χ0n) is 24.9. The third-order valence-electron chi connectivity index (χ3n) is 9.67. The Morgan fingerprint density at radius 1 is 1.03 bits per heavy atom. The van der Waals surface area contributed by atoms with Crippen molar-refractivity contribution in [3.63, 3.8) is 0 Å². The molecule has 0 spiro atoms. The van der Waals surface area contributed by atoms with Crippen LogP contribution in [0.1, 0.15) is 96.1 Å². The van der Waals surface area contributed by atoms with Crippen LogP contribution in [0.2, 0.25) is 0 Å². The van der Waals surface area contributed by atoms with Crippen molar-refractivity contribution in [2.45, 2.75) is 103 Å². The lowest BCUT2D eigenvalue weighted by Gasteiger charge is -2.38. The molecule has 4 rings (SSSR count). The van der Waals surface area contributed by atoms with Gasteiger partial charge in [0.05, 0.1) is 13.2 Å². The average Bonchev–Trinajstić information content (AvgIpc) is 3.48. The van der Waals surface area contributed by atoms with E-state index in [0.29, 0.717) is 30.4 Å². The van der Waals surface area contributed by atoms with E-state index in [1.807, 2.05) is 12.1 Å². The van der Waals surface area contributed by atoms with E-state index < -0.39 is 0 Å². The summed E-state index contributed by atoms with van der Waals surface area (Å²) >= 11 is 0. The molecule has 2 aliphatic rings. The molecule has 2 heterocycles. The fourth-order valence-corrected chi connectivity index (χ4v) is 7.10. The number of ether oxygens (including phenoxy) is 2. The summed E-state index contributed by atoms with van der Waals surface area (Å²) in [5.41, 5.74) is 2.81. The molecule has 4 unspecified atom stereocenters. The van der Waals surface area contributed by atoms with E-state index in [2.05, 4.69) is 68.1 Å². The summed E-state index contributed by atoms with van der Waals surface area (Å²) in [6.07, 6.45) is 11.6. The van der Waals surface area contributed by atoms with Crippen LogP contribution >= 0.6 is 0 Å². The highest BCUT2D eigenvalue weighted by Crippen LogP contribution is 2.43. The first-order chi connectivity index (χ1) is 18.9. The molecule has 39 heavy (non-hydrogen) atoms. The lowest BCUT2D eigenvalue weighted by atomic mass is 9.67. The molecular weight excluding hydrogens is 482 g/mol. The van der Waals surface area contributed by atoms with Crippen molar-refractivity contribution in [3.8, 4) is 5.75 Å². The van der Waals surface area contributed by atoms with Gasteiger partial charge in [-0.1, -0.05) is 76.1 Å². The Balaban J connectivity index is 1.63. The molecule has 0 N–H and O–H groups in total. The smallest absolute Gasteiger partial charge is 0.225 e. The van der Waals surface area contributed by atoms with Crippen molar-refractivity contribution in [1.82, 2.24) is 4.90 Å². The van der Waals surface area contributed by atoms with E-state index in [1.54, 1.807) is 7.11 Å². The molecule has 4 heteroatoms. The summed E-state index contributed by atoms with van der Waals surface area (Å²) < 4.78 is 11.4. The highest BCUT2D eigenvalue weighted by molar-refractivity contribution is 5.78. The number of hydrogen-bond acceptors (Lipinski definition) is 3. The second-order valence-electron chi connectivity index (χ2n) is 12.4. The first-order valence-electron chi connectivity index (χ1n) is 15.5. The quantitative estimate of drug-likeness (QED) is 0.326. The minimum absolute atomic E-state index is 0.00578. The largest absolute Gasteiger partial charge is 0.497 e. The van der Waals surface area contributed by atoms with Gasteiger partial charge in [0.15, 0.2) is 0 Å². The summed E-state index contributed by atoms with van der Waals surface area (Å²) in [5.74, 6) is 2.20. The molecule has 4 nitrogen and oxygen atoms in total. The number of carbonyl (C=O) groups is 1. The third kappa shape index (κ3) is 7.87. The number of carbonyl (C=O) groups excluding carboxylic acids is 1. The second-order valence-corrected chi connectivity index (χ2v) is 12.4. The van der Waals surface area contributed by atoms with Crippen molar-refractivity contribution in [1.29, 1.82) is 0 Å². The average molecular weight is 534 g/mol. The molecular formula is C35H51NO3. The number of amides is 1. The van der Waals surface area contributed by atoms with Crippen LogP contribution in [-0.4, -0.2) is 37.2 Å². The van der Waals surface area contributed by atoms with Crippen LogP contribution in [0, 0.1) is 17.8 Å². The summed E-state index contributed by atoms with van der Waals surface area (Å²) in [7, 11) is 1.70. The van der Waals surface area contributed by atoms with Crippen LogP contribution in [0.25, 0.3) is 0 Å². The maximum atomic E-state index is 14.1. The zero-order valence-corrected chi connectivity index (χ0v) is 24.9. The minimum Gasteiger partial charge on any atom is -0.497 e. The topological polar surface area (TPSA) is 38.8 Å². The van der Waals surface area contributed by atoms with Crippen LogP contribution < -0.4 is 4.74 Å². The molecule has 2 saturated heterocycles. The van der Waals surface area contributed by atoms with E-state index in [4.69, 9.17) is 9.47 Å².